The summed E-state index contributed by atoms with van der Waals surface area (Å²) in [6.07, 6.45) is 1.23. The zero-order valence-electron chi connectivity index (χ0n) is 17.7. The SMILES string of the molecule is Cc1ccccc1C1CC(C)(C)C(C)(c2ccccc2C)P1c1ccccc1. The van der Waals surface area contributed by atoms with E-state index in [-0.39, 0.29) is 10.6 Å². The van der Waals surface area contributed by atoms with Crippen molar-refractivity contribution in [3.8, 4) is 0 Å². The Labute approximate surface area is 171 Å². The van der Waals surface area contributed by atoms with E-state index in [2.05, 4.69) is 113 Å². The summed E-state index contributed by atoms with van der Waals surface area (Å²) in [4.78, 5) is 0. The Bertz CT molecular complexity index is 972. The van der Waals surface area contributed by atoms with Gasteiger partial charge in [0.25, 0.3) is 0 Å². The third kappa shape index (κ3) is 2.94. The fourth-order valence-electron chi connectivity index (χ4n) is 5.26. The lowest BCUT2D eigenvalue weighted by Gasteiger charge is -2.44. The van der Waals surface area contributed by atoms with Crippen LogP contribution in [0.4, 0.5) is 0 Å². The minimum atomic E-state index is -0.422. The summed E-state index contributed by atoms with van der Waals surface area (Å²) in [5.74, 6) is 0. The van der Waals surface area contributed by atoms with E-state index in [0.29, 0.717) is 5.66 Å². The molecule has 3 unspecified atom stereocenters. The Kier molecular flexibility index (Phi) is 4.96. The van der Waals surface area contributed by atoms with Gasteiger partial charge in [0.05, 0.1) is 0 Å². The van der Waals surface area contributed by atoms with Gasteiger partial charge < -0.3 is 0 Å². The third-order valence-corrected chi connectivity index (χ3v) is 10.8. The summed E-state index contributed by atoms with van der Waals surface area (Å²) in [5, 5.41) is 1.66. The lowest BCUT2D eigenvalue weighted by atomic mass is 9.71. The van der Waals surface area contributed by atoms with E-state index in [1.54, 1.807) is 5.56 Å². The van der Waals surface area contributed by atoms with Crippen LogP contribution in [0.5, 0.6) is 0 Å². The van der Waals surface area contributed by atoms with Crippen LogP contribution in [0.1, 0.15) is 55.1 Å². The number of aryl methyl sites for hydroxylation is 2. The van der Waals surface area contributed by atoms with Crippen molar-refractivity contribution in [3.63, 3.8) is 0 Å². The molecule has 4 rings (SSSR count). The molecule has 1 aliphatic heterocycles. The second-order valence-corrected chi connectivity index (χ2v) is 11.8. The van der Waals surface area contributed by atoms with Crippen molar-refractivity contribution < 1.29 is 0 Å². The predicted octanol–water partition coefficient (Wildman–Crippen LogP) is 7.50. The van der Waals surface area contributed by atoms with Crippen LogP contribution in [0.2, 0.25) is 0 Å². The lowest BCUT2D eigenvalue weighted by Crippen LogP contribution is -2.35. The molecule has 144 valence electrons. The van der Waals surface area contributed by atoms with Crippen molar-refractivity contribution in [1.29, 1.82) is 0 Å². The molecule has 3 aromatic carbocycles. The largest absolute Gasteiger partial charge is 0.0622 e. The van der Waals surface area contributed by atoms with E-state index in [1.165, 1.54) is 28.4 Å². The molecule has 0 bridgehead atoms. The molecule has 28 heavy (non-hydrogen) atoms. The van der Waals surface area contributed by atoms with Crippen LogP contribution < -0.4 is 5.30 Å². The fourth-order valence-corrected chi connectivity index (χ4v) is 9.71. The molecule has 0 radical (unpaired) electrons. The normalized spacial score (nSPS) is 26.3. The quantitative estimate of drug-likeness (QED) is 0.409. The second kappa shape index (κ2) is 7.16. The van der Waals surface area contributed by atoms with Gasteiger partial charge in [-0.25, -0.2) is 0 Å². The predicted molar refractivity (Wildman–Crippen MR) is 124 cm³/mol. The zero-order chi connectivity index (χ0) is 19.9. The monoisotopic (exact) mass is 386 g/mol. The Balaban J connectivity index is 1.98. The zero-order valence-corrected chi connectivity index (χ0v) is 18.6. The first-order valence-electron chi connectivity index (χ1n) is 10.3. The first kappa shape index (κ1) is 19.4. The van der Waals surface area contributed by atoms with E-state index in [1.807, 2.05) is 0 Å². The summed E-state index contributed by atoms with van der Waals surface area (Å²) < 4.78 is 0. The Morgan fingerprint density at radius 1 is 0.714 bits per heavy atom. The second-order valence-electron chi connectivity index (χ2n) is 9.05. The van der Waals surface area contributed by atoms with Crippen LogP contribution >= 0.6 is 7.92 Å². The van der Waals surface area contributed by atoms with E-state index in [4.69, 9.17) is 0 Å². The van der Waals surface area contributed by atoms with Crippen LogP contribution in [0.3, 0.4) is 0 Å². The average Bonchev–Trinajstić information content (AvgIpc) is 2.90. The summed E-state index contributed by atoms with van der Waals surface area (Å²) in [5.41, 5.74) is 6.73. The molecule has 0 amide bonds. The van der Waals surface area contributed by atoms with Crippen molar-refractivity contribution in [2.75, 3.05) is 0 Å². The van der Waals surface area contributed by atoms with Crippen LogP contribution in [-0.4, -0.2) is 0 Å². The average molecular weight is 387 g/mol. The van der Waals surface area contributed by atoms with Gasteiger partial charge in [0.1, 0.15) is 0 Å². The molecule has 3 aromatic rings. The Morgan fingerprint density at radius 2 is 1.29 bits per heavy atom. The fraction of sp³-hybridized carbons (Fsp3) is 0.333. The topological polar surface area (TPSA) is 0 Å². The maximum Gasteiger partial charge on any atom is 0.0226 e. The van der Waals surface area contributed by atoms with Gasteiger partial charge in [-0.1, -0.05) is 108 Å². The van der Waals surface area contributed by atoms with E-state index in [0.717, 1.165) is 0 Å². The van der Waals surface area contributed by atoms with E-state index >= 15 is 0 Å². The van der Waals surface area contributed by atoms with Crippen molar-refractivity contribution in [2.45, 2.75) is 51.9 Å². The highest BCUT2D eigenvalue weighted by Crippen LogP contribution is 2.79. The molecule has 0 nitrogen and oxygen atoms in total. The van der Waals surface area contributed by atoms with Gasteiger partial charge in [-0.3, -0.25) is 0 Å². The highest BCUT2D eigenvalue weighted by molar-refractivity contribution is 7.67. The van der Waals surface area contributed by atoms with Crippen LogP contribution in [0, 0.1) is 19.3 Å². The van der Waals surface area contributed by atoms with Crippen LogP contribution in [-0.2, 0) is 5.16 Å². The molecular weight excluding hydrogens is 355 g/mol. The van der Waals surface area contributed by atoms with Gasteiger partial charge in [0.2, 0.25) is 0 Å². The molecule has 1 fully saturated rings. The van der Waals surface area contributed by atoms with E-state index in [9.17, 15) is 0 Å². The van der Waals surface area contributed by atoms with Crippen LogP contribution in [0.25, 0.3) is 0 Å². The maximum absolute atomic E-state index is 2.55. The highest BCUT2D eigenvalue weighted by Gasteiger charge is 2.58. The summed E-state index contributed by atoms with van der Waals surface area (Å²) in [6, 6.07) is 29.4. The molecule has 0 spiro atoms. The first-order chi connectivity index (χ1) is 13.4. The molecule has 0 saturated carbocycles. The summed E-state index contributed by atoms with van der Waals surface area (Å²) >= 11 is 0. The molecule has 1 heteroatoms. The molecule has 0 aromatic heterocycles. The van der Waals surface area contributed by atoms with Crippen molar-refractivity contribution in [2.24, 2.45) is 5.41 Å². The summed E-state index contributed by atoms with van der Waals surface area (Å²) in [7, 11) is -0.422. The van der Waals surface area contributed by atoms with E-state index < -0.39 is 7.92 Å². The van der Waals surface area contributed by atoms with Gasteiger partial charge in [-0.05, 0) is 53.2 Å². The Hall–Kier alpha value is -1.91. The van der Waals surface area contributed by atoms with Gasteiger partial charge in [-0.2, -0.15) is 0 Å². The van der Waals surface area contributed by atoms with Crippen molar-refractivity contribution >= 4 is 13.2 Å². The molecule has 3 atom stereocenters. The molecule has 1 heterocycles. The smallest absolute Gasteiger partial charge is 0.0226 e. The standard InChI is InChI=1S/C27H31P/c1-20-13-9-11-17-23(20)25-19-26(3,4)27(5,24-18-12-10-14-21(24)2)28(25)22-15-7-6-8-16-22/h6-18,25H,19H2,1-5H3. The first-order valence-corrected chi connectivity index (χ1v) is 11.7. The summed E-state index contributed by atoms with van der Waals surface area (Å²) in [6.45, 7) is 12.1. The van der Waals surface area contributed by atoms with Crippen molar-refractivity contribution in [3.05, 3.63) is 101 Å². The van der Waals surface area contributed by atoms with Gasteiger partial charge in [-0.15, -0.1) is 0 Å². The third-order valence-electron chi connectivity index (χ3n) is 7.07. The molecule has 0 aliphatic carbocycles. The minimum Gasteiger partial charge on any atom is -0.0622 e. The Morgan fingerprint density at radius 3 is 1.93 bits per heavy atom. The molecule has 1 aliphatic rings. The maximum atomic E-state index is 2.55. The van der Waals surface area contributed by atoms with Gasteiger partial charge in [0.15, 0.2) is 0 Å². The van der Waals surface area contributed by atoms with Crippen LogP contribution in [0.15, 0.2) is 78.9 Å². The molecule has 0 N–H and O–H groups in total. The van der Waals surface area contributed by atoms with Gasteiger partial charge in [0, 0.05) is 10.8 Å². The van der Waals surface area contributed by atoms with Gasteiger partial charge >= 0.3 is 0 Å². The van der Waals surface area contributed by atoms with Crippen molar-refractivity contribution in [1.82, 2.24) is 0 Å². The molecule has 1 saturated heterocycles. The lowest BCUT2D eigenvalue weighted by molar-refractivity contribution is 0.267. The molecular formula is C27H31P. The number of benzene rings is 3. The number of hydrogen-bond donors (Lipinski definition) is 0. The number of hydrogen-bond acceptors (Lipinski definition) is 0. The minimum absolute atomic E-state index is 0.127. The highest BCUT2D eigenvalue weighted by atomic mass is 31.1. The number of rotatable bonds is 3.